The van der Waals surface area contributed by atoms with Gasteiger partial charge in [0.25, 0.3) is 24.7 Å². The summed E-state index contributed by atoms with van der Waals surface area (Å²) in [4.78, 5) is 61.1. The fraction of sp³-hybridized carbons (Fsp3) is 0.382. The van der Waals surface area contributed by atoms with E-state index in [1.807, 2.05) is 10.2 Å². The van der Waals surface area contributed by atoms with Crippen molar-refractivity contribution in [2.45, 2.75) is 70.0 Å². The minimum absolute atomic E-state index is 0.100. The highest BCUT2D eigenvalue weighted by atomic mass is 19.3. The summed E-state index contributed by atoms with van der Waals surface area (Å²) in [5, 5.41) is 10.6. The third-order valence-electron chi connectivity index (χ3n) is 9.48. The molecular formula is C34H31F6N9O5. The number of piperidine rings is 2. The Morgan fingerprint density at radius 1 is 1.06 bits per heavy atom. The first kappa shape index (κ1) is 36.6. The molecule has 1 aromatic carbocycles. The fourth-order valence-electron chi connectivity index (χ4n) is 6.74. The highest BCUT2D eigenvalue weighted by Crippen LogP contribution is 2.33. The molecule has 0 aliphatic carbocycles. The minimum Gasteiger partial charge on any atom is -0.444 e. The summed E-state index contributed by atoms with van der Waals surface area (Å²) in [6.07, 6.45) is -4.36. The zero-order valence-corrected chi connectivity index (χ0v) is 28.1. The number of oxazole rings is 1. The molecule has 4 amide bonds. The second kappa shape index (κ2) is 14.9. The maximum absolute atomic E-state index is 15.2. The number of halogens is 6. The summed E-state index contributed by atoms with van der Waals surface area (Å²) in [5.41, 5.74) is 0.0611. The van der Waals surface area contributed by atoms with Crippen molar-refractivity contribution in [3.8, 4) is 11.5 Å². The van der Waals surface area contributed by atoms with E-state index < -0.39 is 60.3 Å². The number of hydrogen-bond acceptors (Lipinski definition) is 10. The van der Waals surface area contributed by atoms with Crippen LogP contribution in [0.4, 0.5) is 37.8 Å². The number of likely N-dealkylation sites (tertiary alicyclic amines) is 1. The molecule has 54 heavy (non-hydrogen) atoms. The van der Waals surface area contributed by atoms with Gasteiger partial charge in [0.1, 0.15) is 23.9 Å². The van der Waals surface area contributed by atoms with E-state index in [1.165, 1.54) is 40.2 Å². The summed E-state index contributed by atoms with van der Waals surface area (Å²) >= 11 is 0. The molecular weight excluding hydrogens is 728 g/mol. The van der Waals surface area contributed by atoms with Gasteiger partial charge in [-0.25, -0.2) is 36.3 Å². The Hall–Kier alpha value is -5.79. The first-order valence-corrected chi connectivity index (χ1v) is 16.8. The number of carbonyl (C=O) groups is 4. The second-order valence-corrected chi connectivity index (χ2v) is 13.0. The van der Waals surface area contributed by atoms with E-state index in [4.69, 9.17) is 4.42 Å². The highest BCUT2D eigenvalue weighted by Gasteiger charge is 2.40. The molecule has 20 heteroatoms. The molecule has 3 N–H and O–H groups in total. The van der Waals surface area contributed by atoms with Crippen LogP contribution in [0.15, 0.2) is 47.3 Å². The number of anilines is 2. The van der Waals surface area contributed by atoms with Crippen LogP contribution in [-0.4, -0.2) is 85.0 Å². The summed E-state index contributed by atoms with van der Waals surface area (Å²) < 4.78 is 88.6. The van der Waals surface area contributed by atoms with Crippen LogP contribution in [0.25, 0.3) is 11.5 Å². The Morgan fingerprint density at radius 3 is 2.56 bits per heavy atom. The Kier molecular flexibility index (Phi) is 10.1. The van der Waals surface area contributed by atoms with Gasteiger partial charge >= 0.3 is 0 Å². The molecule has 0 bridgehead atoms. The lowest BCUT2D eigenvalue weighted by Crippen LogP contribution is -2.52. The number of carbonyl (C=O) groups excluding carboxylic acids is 4. The number of benzene rings is 1. The second-order valence-electron chi connectivity index (χ2n) is 13.0. The van der Waals surface area contributed by atoms with E-state index in [1.54, 1.807) is 6.07 Å². The average molecular weight is 760 g/mol. The maximum atomic E-state index is 15.2. The van der Waals surface area contributed by atoms with Crippen molar-refractivity contribution < 1.29 is 49.9 Å². The summed E-state index contributed by atoms with van der Waals surface area (Å²) in [5.74, 6) is -3.30. The molecule has 3 aliphatic rings. The van der Waals surface area contributed by atoms with Crippen LogP contribution in [0.5, 0.6) is 0 Å². The third kappa shape index (κ3) is 7.50. The number of imide groups is 1. The van der Waals surface area contributed by atoms with Gasteiger partial charge in [0.05, 0.1) is 11.7 Å². The van der Waals surface area contributed by atoms with Crippen LogP contribution < -0.4 is 16.0 Å². The molecule has 3 aromatic heterocycles. The highest BCUT2D eigenvalue weighted by molar-refractivity contribution is 6.05. The first-order chi connectivity index (χ1) is 25.8. The molecule has 2 atom stereocenters. The summed E-state index contributed by atoms with van der Waals surface area (Å²) in [6.45, 7) is 1.23. The number of fused-ring (bicyclic) bond motifs is 1. The Balaban J connectivity index is 0.970. The van der Waals surface area contributed by atoms with E-state index in [2.05, 4.69) is 25.7 Å². The van der Waals surface area contributed by atoms with Gasteiger partial charge in [0.2, 0.25) is 24.0 Å². The monoisotopic (exact) mass is 759 g/mol. The number of hydrogen-bond donors (Lipinski definition) is 3. The van der Waals surface area contributed by atoms with Gasteiger partial charge in [-0.15, -0.1) is 0 Å². The molecule has 14 nitrogen and oxygen atoms in total. The van der Waals surface area contributed by atoms with Crippen molar-refractivity contribution in [1.82, 2.24) is 34.9 Å². The number of nitrogens with one attached hydrogen (secondary N) is 3. The van der Waals surface area contributed by atoms with E-state index in [0.29, 0.717) is 37.1 Å². The third-order valence-corrected chi connectivity index (χ3v) is 9.48. The van der Waals surface area contributed by atoms with Crippen molar-refractivity contribution in [1.29, 1.82) is 0 Å². The molecule has 0 radical (unpaired) electrons. The van der Waals surface area contributed by atoms with Crippen molar-refractivity contribution in [3.05, 3.63) is 76.8 Å². The molecule has 4 aromatic rings. The van der Waals surface area contributed by atoms with Gasteiger partial charge in [-0.1, -0.05) is 0 Å². The van der Waals surface area contributed by atoms with Crippen molar-refractivity contribution >= 4 is 35.1 Å². The number of pyridine rings is 1. The molecule has 2 unspecified atom stereocenters. The number of nitrogens with zero attached hydrogens (tertiary/aromatic N) is 6. The fourth-order valence-corrected chi connectivity index (χ4v) is 6.74. The van der Waals surface area contributed by atoms with Crippen LogP contribution >= 0.6 is 0 Å². The van der Waals surface area contributed by atoms with Gasteiger partial charge in [-0.3, -0.25) is 34.1 Å². The van der Waals surface area contributed by atoms with Crippen molar-refractivity contribution in [3.63, 3.8) is 0 Å². The molecule has 284 valence electrons. The van der Waals surface area contributed by atoms with Crippen molar-refractivity contribution in [2.24, 2.45) is 0 Å². The van der Waals surface area contributed by atoms with E-state index in [9.17, 15) is 41.1 Å². The smallest absolute Gasteiger partial charge is 0.287 e. The van der Waals surface area contributed by atoms with Gasteiger partial charge in [-0.2, -0.15) is 5.10 Å². The van der Waals surface area contributed by atoms with Gasteiger partial charge < -0.3 is 20.0 Å². The molecule has 2 fully saturated rings. The van der Waals surface area contributed by atoms with E-state index >= 15 is 4.39 Å². The average Bonchev–Trinajstić information content (AvgIpc) is 3.87. The molecule has 7 rings (SSSR count). The Labute approximate surface area is 301 Å². The van der Waals surface area contributed by atoms with Crippen LogP contribution in [0.2, 0.25) is 0 Å². The number of rotatable bonds is 11. The predicted octanol–water partition coefficient (Wildman–Crippen LogP) is 4.83. The predicted molar refractivity (Wildman–Crippen MR) is 175 cm³/mol. The number of alkyl halides is 5. The molecule has 3 aliphatic heterocycles. The van der Waals surface area contributed by atoms with Crippen LogP contribution in [0.1, 0.15) is 75.8 Å². The zero-order valence-electron chi connectivity index (χ0n) is 28.1. The van der Waals surface area contributed by atoms with Gasteiger partial charge in [-0.05, 0) is 49.1 Å². The normalized spacial score (nSPS) is 18.7. The van der Waals surface area contributed by atoms with Gasteiger partial charge in [0, 0.05) is 61.7 Å². The standard InChI is InChI=1S/C34H31F6N9O5/c35-21-11-20-17(13-48(34(20)53)24-1-2-26(50)45-32(24)52)9-18(21)12-47-7-4-19(5-8-47)49-14-22(27(46-49)28(36)37)42-31(51)23-15-54-33(43-23)16-3-6-41-25(10-16)44-30(40)29(38)39/h3,6,9-11,14-15,19,24,28-30H,1-2,4-5,7-8,12-13H2,(H,41,44)(H,42,51)(H,45,50,52). The molecule has 6 heterocycles. The Morgan fingerprint density at radius 2 is 1.83 bits per heavy atom. The minimum atomic E-state index is -3.30. The molecule has 0 spiro atoms. The largest absolute Gasteiger partial charge is 0.444 e. The zero-order chi connectivity index (χ0) is 38.3. The first-order valence-electron chi connectivity index (χ1n) is 16.8. The maximum Gasteiger partial charge on any atom is 0.287 e. The topological polar surface area (TPSA) is 168 Å². The lowest BCUT2D eigenvalue weighted by molar-refractivity contribution is -0.136. The summed E-state index contributed by atoms with van der Waals surface area (Å²) in [7, 11) is 0. The summed E-state index contributed by atoms with van der Waals surface area (Å²) in [6, 6.07) is 4.19. The molecule has 2 saturated heterocycles. The number of aromatic nitrogens is 4. The molecule has 0 saturated carbocycles. The quantitative estimate of drug-likeness (QED) is 0.110. The lowest BCUT2D eigenvalue weighted by atomic mass is 10.0. The lowest BCUT2D eigenvalue weighted by Gasteiger charge is -2.32. The Bertz CT molecular complexity index is 2100. The van der Waals surface area contributed by atoms with Crippen LogP contribution in [0, 0.1) is 5.82 Å². The van der Waals surface area contributed by atoms with Crippen LogP contribution in [-0.2, 0) is 22.7 Å². The van der Waals surface area contributed by atoms with E-state index in [-0.39, 0.29) is 66.2 Å². The SMILES string of the molecule is O=C1CCC(N2Cc3cc(CN4CCC(n5cc(NC(=O)c6coc(-c7ccnc(NC(F)C(F)F)c7)n6)c(C(F)F)n5)CC4)c(F)cc3C2=O)C(=O)N1. The van der Waals surface area contributed by atoms with Gasteiger partial charge in [0.15, 0.2) is 11.4 Å². The van der Waals surface area contributed by atoms with Crippen LogP contribution in [0.3, 0.4) is 0 Å². The van der Waals surface area contributed by atoms with E-state index in [0.717, 1.165) is 6.26 Å². The number of amides is 4. The van der Waals surface area contributed by atoms with Crippen molar-refractivity contribution in [2.75, 3.05) is 23.7 Å².